The molecule has 1 aliphatic carbocycles. The molecule has 3 aliphatic rings. The molecule has 4 rings (SSSR count). The largest absolute Gasteiger partial charge is 0.493 e. The third-order valence-electron chi connectivity index (χ3n) is 5.44. The number of rotatable bonds is 5. The second-order valence-electron chi connectivity index (χ2n) is 7.41. The SMILES string of the molecule is CCCC[C@@H]1CN(C(=O)c2ccc3c(c2)CCO3)C[C@H](C2CC2)O1. The van der Waals surface area contributed by atoms with E-state index >= 15 is 0 Å². The van der Waals surface area contributed by atoms with E-state index in [1.165, 1.54) is 25.7 Å². The standard InChI is InChI=1S/C20H27NO3/c1-2-3-4-17-12-21(13-19(24-17)14-5-6-14)20(22)16-7-8-18-15(11-16)9-10-23-18/h7-8,11,14,17,19H,2-6,9-10,12-13H2,1H3/t17-,19-/m1/s1. The van der Waals surface area contributed by atoms with Crippen LogP contribution in [0.3, 0.4) is 0 Å². The van der Waals surface area contributed by atoms with Crippen LogP contribution in [0.1, 0.15) is 54.9 Å². The first-order valence-corrected chi connectivity index (χ1v) is 9.45. The molecular formula is C20H27NO3. The number of carbonyl (C=O) groups is 1. The first kappa shape index (κ1) is 15.9. The minimum Gasteiger partial charge on any atom is -0.493 e. The lowest BCUT2D eigenvalue weighted by atomic mass is 10.0. The summed E-state index contributed by atoms with van der Waals surface area (Å²) in [4.78, 5) is 15.1. The van der Waals surface area contributed by atoms with Crippen LogP contribution >= 0.6 is 0 Å². The lowest BCUT2D eigenvalue weighted by molar-refractivity contribution is -0.0874. The van der Waals surface area contributed by atoms with E-state index in [-0.39, 0.29) is 18.1 Å². The first-order chi connectivity index (χ1) is 11.7. The van der Waals surface area contributed by atoms with E-state index in [4.69, 9.17) is 9.47 Å². The number of carbonyl (C=O) groups excluding carboxylic acids is 1. The first-order valence-electron chi connectivity index (χ1n) is 9.45. The van der Waals surface area contributed by atoms with Gasteiger partial charge in [0, 0.05) is 25.1 Å². The molecule has 2 fully saturated rings. The number of benzene rings is 1. The molecule has 4 heteroatoms. The number of fused-ring (bicyclic) bond motifs is 1. The lowest BCUT2D eigenvalue weighted by Crippen LogP contribution is -2.50. The zero-order valence-corrected chi connectivity index (χ0v) is 14.5. The average Bonchev–Trinajstić information content (AvgIpc) is 3.36. The third-order valence-corrected chi connectivity index (χ3v) is 5.44. The van der Waals surface area contributed by atoms with Gasteiger partial charge in [-0.15, -0.1) is 0 Å². The molecule has 0 unspecified atom stereocenters. The number of morpholine rings is 1. The van der Waals surface area contributed by atoms with Crippen LogP contribution in [0.25, 0.3) is 0 Å². The van der Waals surface area contributed by atoms with Crippen LogP contribution in [0.15, 0.2) is 18.2 Å². The van der Waals surface area contributed by atoms with Crippen molar-refractivity contribution in [3.63, 3.8) is 0 Å². The summed E-state index contributed by atoms with van der Waals surface area (Å²) in [7, 11) is 0. The Morgan fingerprint density at radius 2 is 2.17 bits per heavy atom. The fraction of sp³-hybridized carbons (Fsp3) is 0.650. The van der Waals surface area contributed by atoms with Gasteiger partial charge in [0.25, 0.3) is 5.91 Å². The molecule has 1 aromatic rings. The van der Waals surface area contributed by atoms with E-state index in [9.17, 15) is 4.79 Å². The molecule has 0 N–H and O–H groups in total. The normalized spacial score (nSPS) is 26.1. The maximum Gasteiger partial charge on any atom is 0.254 e. The summed E-state index contributed by atoms with van der Waals surface area (Å²) in [5, 5.41) is 0. The second-order valence-corrected chi connectivity index (χ2v) is 7.41. The van der Waals surface area contributed by atoms with Gasteiger partial charge >= 0.3 is 0 Å². The van der Waals surface area contributed by atoms with Crippen molar-refractivity contribution in [1.29, 1.82) is 0 Å². The number of ether oxygens (including phenoxy) is 2. The van der Waals surface area contributed by atoms with Crippen molar-refractivity contribution >= 4 is 5.91 Å². The van der Waals surface area contributed by atoms with Crippen molar-refractivity contribution < 1.29 is 14.3 Å². The quantitative estimate of drug-likeness (QED) is 0.831. The van der Waals surface area contributed by atoms with E-state index in [1.54, 1.807) is 0 Å². The zero-order valence-electron chi connectivity index (χ0n) is 14.5. The summed E-state index contributed by atoms with van der Waals surface area (Å²) in [6, 6.07) is 5.88. The molecule has 4 nitrogen and oxygen atoms in total. The maximum atomic E-state index is 13.0. The molecule has 0 spiro atoms. The zero-order chi connectivity index (χ0) is 16.5. The van der Waals surface area contributed by atoms with Crippen molar-refractivity contribution in [3.05, 3.63) is 29.3 Å². The highest BCUT2D eigenvalue weighted by molar-refractivity contribution is 5.94. The summed E-state index contributed by atoms with van der Waals surface area (Å²) in [6.07, 6.45) is 7.25. The molecule has 1 aromatic carbocycles. The monoisotopic (exact) mass is 329 g/mol. The van der Waals surface area contributed by atoms with E-state index in [2.05, 4.69) is 6.92 Å². The molecule has 130 valence electrons. The van der Waals surface area contributed by atoms with Gasteiger partial charge in [-0.3, -0.25) is 4.79 Å². The molecule has 2 heterocycles. The van der Waals surface area contributed by atoms with Crippen molar-refractivity contribution in [2.75, 3.05) is 19.7 Å². The van der Waals surface area contributed by atoms with Crippen molar-refractivity contribution in [2.45, 2.75) is 57.7 Å². The van der Waals surface area contributed by atoms with Gasteiger partial charge in [0.2, 0.25) is 0 Å². The molecule has 24 heavy (non-hydrogen) atoms. The van der Waals surface area contributed by atoms with Gasteiger partial charge < -0.3 is 14.4 Å². The lowest BCUT2D eigenvalue weighted by Gasteiger charge is -2.38. The number of amides is 1. The highest BCUT2D eigenvalue weighted by Gasteiger charge is 2.39. The minimum atomic E-state index is 0.153. The summed E-state index contributed by atoms with van der Waals surface area (Å²) < 4.78 is 11.8. The fourth-order valence-corrected chi connectivity index (χ4v) is 3.86. The van der Waals surface area contributed by atoms with Gasteiger partial charge in [0.1, 0.15) is 5.75 Å². The van der Waals surface area contributed by atoms with Crippen LogP contribution in [-0.4, -0.2) is 42.7 Å². The van der Waals surface area contributed by atoms with Crippen LogP contribution in [0.2, 0.25) is 0 Å². The Hall–Kier alpha value is -1.55. The Labute approximate surface area is 144 Å². The van der Waals surface area contributed by atoms with Gasteiger partial charge in [-0.1, -0.05) is 19.8 Å². The topological polar surface area (TPSA) is 38.8 Å². The second kappa shape index (κ2) is 6.75. The van der Waals surface area contributed by atoms with Gasteiger partial charge in [0.05, 0.1) is 18.8 Å². The summed E-state index contributed by atoms with van der Waals surface area (Å²) in [5.74, 6) is 1.75. The van der Waals surface area contributed by atoms with Crippen molar-refractivity contribution in [1.82, 2.24) is 4.90 Å². The highest BCUT2D eigenvalue weighted by atomic mass is 16.5. The Morgan fingerprint density at radius 3 is 2.96 bits per heavy atom. The number of unbranched alkanes of at least 4 members (excludes halogenated alkanes) is 1. The Balaban J connectivity index is 1.49. The highest BCUT2D eigenvalue weighted by Crippen LogP contribution is 2.37. The van der Waals surface area contributed by atoms with Gasteiger partial charge in [-0.25, -0.2) is 0 Å². The summed E-state index contributed by atoms with van der Waals surface area (Å²) >= 11 is 0. The number of hydrogen-bond acceptors (Lipinski definition) is 3. The van der Waals surface area contributed by atoms with E-state index < -0.39 is 0 Å². The number of hydrogen-bond donors (Lipinski definition) is 0. The summed E-state index contributed by atoms with van der Waals surface area (Å²) in [6.45, 7) is 4.42. The van der Waals surface area contributed by atoms with E-state index in [0.29, 0.717) is 5.92 Å². The predicted octanol–water partition coefficient (Wildman–Crippen LogP) is 3.43. The van der Waals surface area contributed by atoms with Crippen LogP contribution in [0.5, 0.6) is 5.75 Å². The number of nitrogens with zero attached hydrogens (tertiary/aromatic N) is 1. The summed E-state index contributed by atoms with van der Waals surface area (Å²) in [5.41, 5.74) is 1.96. The molecule has 0 radical (unpaired) electrons. The Kier molecular flexibility index (Phi) is 4.49. The molecule has 1 saturated carbocycles. The van der Waals surface area contributed by atoms with Crippen LogP contribution in [0, 0.1) is 5.92 Å². The average molecular weight is 329 g/mol. The van der Waals surface area contributed by atoms with Crippen molar-refractivity contribution in [3.8, 4) is 5.75 Å². The molecule has 1 amide bonds. The van der Waals surface area contributed by atoms with Crippen molar-refractivity contribution in [2.24, 2.45) is 5.92 Å². The molecule has 1 saturated heterocycles. The van der Waals surface area contributed by atoms with Crippen LogP contribution in [0.4, 0.5) is 0 Å². The third kappa shape index (κ3) is 3.30. The van der Waals surface area contributed by atoms with E-state index in [0.717, 1.165) is 49.4 Å². The van der Waals surface area contributed by atoms with Gasteiger partial charge in [-0.2, -0.15) is 0 Å². The minimum absolute atomic E-state index is 0.153. The fourth-order valence-electron chi connectivity index (χ4n) is 3.86. The predicted molar refractivity (Wildman–Crippen MR) is 92.5 cm³/mol. The van der Waals surface area contributed by atoms with Gasteiger partial charge in [-0.05, 0) is 48.9 Å². The van der Waals surface area contributed by atoms with Gasteiger partial charge in [0.15, 0.2) is 0 Å². The maximum absolute atomic E-state index is 13.0. The van der Waals surface area contributed by atoms with Crippen LogP contribution < -0.4 is 4.74 Å². The Morgan fingerprint density at radius 1 is 1.29 bits per heavy atom. The molecule has 0 bridgehead atoms. The molecule has 2 aliphatic heterocycles. The van der Waals surface area contributed by atoms with Crippen LogP contribution in [-0.2, 0) is 11.2 Å². The molecule has 0 aromatic heterocycles. The molecule has 2 atom stereocenters. The Bertz CT molecular complexity index is 611. The molecular weight excluding hydrogens is 302 g/mol. The van der Waals surface area contributed by atoms with E-state index in [1.807, 2.05) is 23.1 Å². The smallest absolute Gasteiger partial charge is 0.254 e.